The normalized spacial score (nSPS) is 18.0. The first-order valence-corrected chi connectivity index (χ1v) is 7.97. The molecule has 0 radical (unpaired) electrons. The van der Waals surface area contributed by atoms with Crippen LogP contribution in [0.3, 0.4) is 0 Å². The number of morpholine rings is 1. The molecular weight excluding hydrogens is 310 g/mol. The molecule has 1 fully saturated rings. The largest absolute Gasteiger partial charge is 0.497 e. The molecule has 1 atom stereocenters. The van der Waals surface area contributed by atoms with Gasteiger partial charge in [-0.3, -0.25) is 4.79 Å². The molecule has 0 spiro atoms. The Morgan fingerprint density at radius 1 is 1.42 bits per heavy atom. The zero-order valence-corrected chi connectivity index (χ0v) is 14.1. The van der Waals surface area contributed by atoms with Gasteiger partial charge in [0.05, 0.1) is 20.3 Å². The predicted octanol–water partition coefficient (Wildman–Crippen LogP) is 2.42. The summed E-state index contributed by atoms with van der Waals surface area (Å²) in [6, 6.07) is 7.13. The number of carbonyl (C=O) groups excluding carboxylic acids is 1. The second kappa shape index (κ2) is 7.00. The minimum atomic E-state index is -0.371. The van der Waals surface area contributed by atoms with Crippen LogP contribution in [0.2, 0.25) is 0 Å². The standard InChI is InChI=1S/C17H21N3O4/c1-11(2)16-18-15(19-24-16)14-10-20(7-8-23-14)17(21)12-5-4-6-13(9-12)22-3/h4-6,9,11,14H,7-8,10H2,1-3H3/t14-/m1/s1. The molecule has 1 aromatic heterocycles. The smallest absolute Gasteiger partial charge is 0.254 e. The van der Waals surface area contributed by atoms with Crippen LogP contribution in [0.4, 0.5) is 0 Å². The maximum absolute atomic E-state index is 12.7. The van der Waals surface area contributed by atoms with Crippen LogP contribution in [-0.4, -0.2) is 47.8 Å². The quantitative estimate of drug-likeness (QED) is 0.856. The summed E-state index contributed by atoms with van der Waals surface area (Å²) in [5.41, 5.74) is 0.589. The third-order valence-electron chi connectivity index (χ3n) is 3.91. The number of methoxy groups -OCH3 is 1. The topological polar surface area (TPSA) is 77.7 Å². The summed E-state index contributed by atoms with van der Waals surface area (Å²) >= 11 is 0. The number of carbonyl (C=O) groups is 1. The molecular formula is C17H21N3O4. The molecule has 1 aliphatic rings. The summed E-state index contributed by atoms with van der Waals surface area (Å²) in [6.07, 6.45) is -0.371. The van der Waals surface area contributed by atoms with Gasteiger partial charge >= 0.3 is 0 Å². The minimum Gasteiger partial charge on any atom is -0.497 e. The maximum Gasteiger partial charge on any atom is 0.254 e. The van der Waals surface area contributed by atoms with E-state index in [0.717, 1.165) is 0 Å². The fraction of sp³-hybridized carbons (Fsp3) is 0.471. The molecule has 2 heterocycles. The Labute approximate surface area is 140 Å². The number of ether oxygens (including phenoxy) is 2. The van der Waals surface area contributed by atoms with E-state index in [9.17, 15) is 4.79 Å². The van der Waals surface area contributed by atoms with E-state index in [0.29, 0.717) is 42.7 Å². The van der Waals surface area contributed by atoms with E-state index in [-0.39, 0.29) is 17.9 Å². The van der Waals surface area contributed by atoms with Crippen molar-refractivity contribution in [1.82, 2.24) is 15.0 Å². The molecule has 3 rings (SSSR count). The molecule has 7 nitrogen and oxygen atoms in total. The van der Waals surface area contributed by atoms with E-state index < -0.39 is 0 Å². The van der Waals surface area contributed by atoms with Crippen molar-refractivity contribution in [2.75, 3.05) is 26.8 Å². The van der Waals surface area contributed by atoms with Crippen molar-refractivity contribution >= 4 is 5.91 Å². The molecule has 1 saturated heterocycles. The summed E-state index contributed by atoms with van der Waals surface area (Å²) in [4.78, 5) is 18.8. The highest BCUT2D eigenvalue weighted by Crippen LogP contribution is 2.23. The highest BCUT2D eigenvalue weighted by Gasteiger charge is 2.29. The van der Waals surface area contributed by atoms with Crippen molar-refractivity contribution in [3.63, 3.8) is 0 Å². The Bertz CT molecular complexity index is 713. The number of benzene rings is 1. The fourth-order valence-corrected chi connectivity index (χ4v) is 2.54. The van der Waals surface area contributed by atoms with E-state index in [4.69, 9.17) is 14.0 Å². The van der Waals surface area contributed by atoms with Gasteiger partial charge in [0, 0.05) is 18.0 Å². The van der Waals surface area contributed by atoms with Crippen LogP contribution in [0, 0.1) is 0 Å². The van der Waals surface area contributed by atoms with Gasteiger partial charge in [0.2, 0.25) is 11.7 Å². The van der Waals surface area contributed by atoms with Gasteiger partial charge in [-0.05, 0) is 18.2 Å². The van der Waals surface area contributed by atoms with Crippen molar-refractivity contribution in [2.45, 2.75) is 25.9 Å². The lowest BCUT2D eigenvalue weighted by Crippen LogP contribution is -2.42. The number of nitrogens with zero attached hydrogens (tertiary/aromatic N) is 3. The van der Waals surface area contributed by atoms with Crippen LogP contribution in [0.15, 0.2) is 28.8 Å². The van der Waals surface area contributed by atoms with Gasteiger partial charge in [-0.25, -0.2) is 0 Å². The summed E-state index contributed by atoms with van der Waals surface area (Å²) in [5, 5.41) is 3.99. The van der Waals surface area contributed by atoms with Gasteiger partial charge in [-0.1, -0.05) is 25.1 Å². The van der Waals surface area contributed by atoms with E-state index in [1.54, 1.807) is 30.2 Å². The Morgan fingerprint density at radius 3 is 2.96 bits per heavy atom. The fourth-order valence-electron chi connectivity index (χ4n) is 2.54. The van der Waals surface area contributed by atoms with E-state index >= 15 is 0 Å². The maximum atomic E-state index is 12.7. The van der Waals surface area contributed by atoms with Crippen molar-refractivity contribution in [3.05, 3.63) is 41.5 Å². The highest BCUT2D eigenvalue weighted by molar-refractivity contribution is 5.94. The molecule has 1 aliphatic heterocycles. The lowest BCUT2D eigenvalue weighted by molar-refractivity contribution is -0.0276. The molecule has 1 aromatic carbocycles. The van der Waals surface area contributed by atoms with E-state index in [1.165, 1.54) is 0 Å². The lowest BCUT2D eigenvalue weighted by Gasteiger charge is -2.31. The molecule has 0 saturated carbocycles. The van der Waals surface area contributed by atoms with Crippen LogP contribution >= 0.6 is 0 Å². The first kappa shape index (κ1) is 16.4. The summed E-state index contributed by atoms with van der Waals surface area (Å²) in [6.45, 7) is 5.33. The highest BCUT2D eigenvalue weighted by atomic mass is 16.5. The lowest BCUT2D eigenvalue weighted by atomic mass is 10.1. The first-order chi connectivity index (χ1) is 11.6. The van der Waals surface area contributed by atoms with Gasteiger partial charge in [0.1, 0.15) is 11.9 Å². The number of hydrogen-bond acceptors (Lipinski definition) is 6. The third kappa shape index (κ3) is 3.41. The van der Waals surface area contributed by atoms with Gasteiger partial charge in [-0.2, -0.15) is 4.98 Å². The molecule has 0 aliphatic carbocycles. The van der Waals surface area contributed by atoms with Crippen molar-refractivity contribution in [3.8, 4) is 5.75 Å². The monoisotopic (exact) mass is 331 g/mol. The molecule has 0 N–H and O–H groups in total. The number of rotatable bonds is 4. The summed E-state index contributed by atoms with van der Waals surface area (Å²) in [5.74, 6) is 1.82. The van der Waals surface area contributed by atoms with Crippen molar-refractivity contribution in [1.29, 1.82) is 0 Å². The van der Waals surface area contributed by atoms with Crippen molar-refractivity contribution < 1.29 is 18.8 Å². The molecule has 2 aromatic rings. The van der Waals surface area contributed by atoms with E-state index in [2.05, 4.69) is 10.1 Å². The van der Waals surface area contributed by atoms with Crippen LogP contribution in [-0.2, 0) is 4.74 Å². The second-order valence-electron chi connectivity index (χ2n) is 5.99. The van der Waals surface area contributed by atoms with E-state index in [1.807, 2.05) is 19.9 Å². The third-order valence-corrected chi connectivity index (χ3v) is 3.91. The number of hydrogen-bond donors (Lipinski definition) is 0. The number of amides is 1. The summed E-state index contributed by atoms with van der Waals surface area (Å²) in [7, 11) is 1.58. The van der Waals surface area contributed by atoms with Gasteiger partial charge < -0.3 is 18.9 Å². The average Bonchev–Trinajstić information content (AvgIpc) is 3.12. The minimum absolute atomic E-state index is 0.0604. The SMILES string of the molecule is COc1cccc(C(=O)N2CCO[C@@H](c3noc(C(C)C)n3)C2)c1. The number of aromatic nitrogens is 2. The van der Waals surface area contributed by atoms with Gasteiger partial charge in [0.25, 0.3) is 5.91 Å². The molecule has 1 amide bonds. The molecule has 0 bridgehead atoms. The van der Waals surface area contributed by atoms with Crippen molar-refractivity contribution in [2.24, 2.45) is 0 Å². The second-order valence-corrected chi connectivity index (χ2v) is 5.99. The zero-order valence-electron chi connectivity index (χ0n) is 14.1. The van der Waals surface area contributed by atoms with Crippen LogP contribution in [0.25, 0.3) is 0 Å². The molecule has 7 heteroatoms. The predicted molar refractivity (Wildman–Crippen MR) is 86.0 cm³/mol. The van der Waals surface area contributed by atoms with Gasteiger partial charge in [-0.15, -0.1) is 0 Å². The van der Waals surface area contributed by atoms with Gasteiger partial charge in [0.15, 0.2) is 0 Å². The van der Waals surface area contributed by atoms with Crippen LogP contribution in [0.1, 0.15) is 47.9 Å². The molecule has 128 valence electrons. The van der Waals surface area contributed by atoms with Crippen LogP contribution in [0.5, 0.6) is 5.75 Å². The Morgan fingerprint density at radius 2 is 2.25 bits per heavy atom. The Balaban J connectivity index is 1.73. The molecule has 0 unspecified atom stereocenters. The summed E-state index contributed by atoms with van der Waals surface area (Å²) < 4.78 is 16.1. The Kier molecular flexibility index (Phi) is 4.80. The zero-order chi connectivity index (χ0) is 17.1. The Hall–Kier alpha value is -2.41. The van der Waals surface area contributed by atoms with Crippen LogP contribution < -0.4 is 4.74 Å². The average molecular weight is 331 g/mol. The first-order valence-electron chi connectivity index (χ1n) is 7.97. The molecule has 24 heavy (non-hydrogen) atoms.